The molecule has 0 amide bonds. The fourth-order valence-corrected chi connectivity index (χ4v) is 2.64. The van der Waals surface area contributed by atoms with Gasteiger partial charge in [0, 0.05) is 37.1 Å². The molecule has 0 saturated heterocycles. The van der Waals surface area contributed by atoms with Crippen LogP contribution < -0.4 is 0 Å². The van der Waals surface area contributed by atoms with E-state index in [0.29, 0.717) is 5.15 Å². The second-order valence-electron chi connectivity index (χ2n) is 3.68. The van der Waals surface area contributed by atoms with E-state index in [9.17, 15) is 0 Å². The molecule has 0 aliphatic carbocycles. The van der Waals surface area contributed by atoms with Crippen LogP contribution >= 0.6 is 34.2 Å². The van der Waals surface area contributed by atoms with Crippen molar-refractivity contribution in [3.63, 3.8) is 0 Å². The maximum absolute atomic E-state index is 6.11. The summed E-state index contributed by atoms with van der Waals surface area (Å²) in [6, 6.07) is 0. The lowest BCUT2D eigenvalue weighted by atomic mass is 10.1. The van der Waals surface area contributed by atoms with Crippen LogP contribution in [0.15, 0.2) is 19.0 Å². The van der Waals surface area contributed by atoms with Gasteiger partial charge in [0.2, 0.25) is 0 Å². The molecule has 0 aromatic carbocycles. The molecule has 0 atom stereocenters. The summed E-state index contributed by atoms with van der Waals surface area (Å²) in [6.07, 6.45) is 3.84. The molecule has 2 aromatic rings. The van der Waals surface area contributed by atoms with Gasteiger partial charge in [-0.15, -0.1) is 0 Å². The van der Waals surface area contributed by atoms with E-state index in [1.165, 1.54) is 0 Å². The van der Waals surface area contributed by atoms with Crippen molar-refractivity contribution in [2.45, 2.75) is 13.5 Å². The van der Waals surface area contributed by atoms with E-state index in [4.69, 9.17) is 11.6 Å². The zero-order chi connectivity index (χ0) is 12.6. The van der Waals surface area contributed by atoms with Gasteiger partial charge in [0.15, 0.2) is 5.15 Å². The zero-order valence-electron chi connectivity index (χ0n) is 9.61. The molecular formula is C11H12ClIN4. The average Bonchev–Trinajstić information content (AvgIpc) is 2.81. The molecular weight excluding hydrogens is 351 g/mol. The number of aryl methyl sites for hydroxylation is 2. The van der Waals surface area contributed by atoms with E-state index < -0.39 is 0 Å². The Kier molecular flexibility index (Phi) is 3.58. The van der Waals surface area contributed by atoms with E-state index in [-0.39, 0.29) is 0 Å². The molecule has 0 unspecified atom stereocenters. The lowest BCUT2D eigenvalue weighted by molar-refractivity contribution is 0.660. The van der Waals surface area contributed by atoms with Crippen LogP contribution in [0.4, 0.5) is 0 Å². The van der Waals surface area contributed by atoms with Gasteiger partial charge in [0.25, 0.3) is 0 Å². The molecule has 90 valence electrons. The summed E-state index contributed by atoms with van der Waals surface area (Å²) in [5, 5.41) is 8.97. The molecule has 0 radical (unpaired) electrons. The van der Waals surface area contributed by atoms with Gasteiger partial charge in [0.05, 0.1) is 0 Å². The normalized spacial score (nSPS) is 10.8. The van der Waals surface area contributed by atoms with Gasteiger partial charge < -0.3 is 0 Å². The first kappa shape index (κ1) is 12.6. The minimum atomic E-state index is 0.483. The van der Waals surface area contributed by atoms with E-state index in [2.05, 4.69) is 39.4 Å². The molecule has 2 heterocycles. The number of hydrogen-bond acceptors (Lipinski definition) is 2. The van der Waals surface area contributed by atoms with Crippen LogP contribution in [-0.2, 0) is 13.6 Å². The molecule has 2 aromatic heterocycles. The van der Waals surface area contributed by atoms with Gasteiger partial charge in [-0.25, -0.2) is 0 Å². The van der Waals surface area contributed by atoms with Crippen LogP contribution in [0, 0.1) is 3.70 Å². The highest BCUT2D eigenvalue weighted by molar-refractivity contribution is 14.1. The van der Waals surface area contributed by atoms with E-state index >= 15 is 0 Å². The highest BCUT2D eigenvalue weighted by Gasteiger charge is 2.15. The van der Waals surface area contributed by atoms with Crippen molar-refractivity contribution in [2.24, 2.45) is 7.05 Å². The molecule has 17 heavy (non-hydrogen) atoms. The van der Waals surface area contributed by atoms with Crippen LogP contribution in [0.1, 0.15) is 18.1 Å². The number of hydrogen-bond donors (Lipinski definition) is 0. The topological polar surface area (TPSA) is 35.6 Å². The van der Waals surface area contributed by atoms with Gasteiger partial charge in [-0.3, -0.25) is 9.36 Å². The minimum absolute atomic E-state index is 0.483. The van der Waals surface area contributed by atoms with Crippen molar-refractivity contribution >= 4 is 39.8 Å². The van der Waals surface area contributed by atoms with E-state index in [1.807, 2.05) is 26.4 Å². The van der Waals surface area contributed by atoms with Crippen molar-refractivity contribution in [3.8, 4) is 0 Å². The summed E-state index contributed by atoms with van der Waals surface area (Å²) in [7, 11) is 1.88. The van der Waals surface area contributed by atoms with Crippen LogP contribution in [0.2, 0.25) is 5.15 Å². The first-order valence-electron chi connectivity index (χ1n) is 5.14. The van der Waals surface area contributed by atoms with Crippen LogP contribution in [0.25, 0.3) is 5.57 Å². The monoisotopic (exact) mass is 362 g/mol. The Morgan fingerprint density at radius 2 is 2.12 bits per heavy atom. The quantitative estimate of drug-likeness (QED) is 0.787. The zero-order valence-corrected chi connectivity index (χ0v) is 12.5. The number of aromatic nitrogens is 4. The number of rotatable bonds is 3. The predicted molar refractivity (Wildman–Crippen MR) is 77.0 cm³/mol. The van der Waals surface area contributed by atoms with Gasteiger partial charge in [-0.1, -0.05) is 18.2 Å². The van der Waals surface area contributed by atoms with E-state index in [1.54, 1.807) is 9.36 Å². The third-order valence-electron chi connectivity index (χ3n) is 2.47. The van der Waals surface area contributed by atoms with Crippen molar-refractivity contribution in [1.29, 1.82) is 0 Å². The third kappa shape index (κ3) is 2.40. The SMILES string of the molecule is C=C(c1cn(CC)nc1Cl)c1cn(C)nc1I. The van der Waals surface area contributed by atoms with Crippen molar-refractivity contribution in [2.75, 3.05) is 0 Å². The summed E-state index contributed by atoms with van der Waals surface area (Å²) in [5.41, 5.74) is 2.71. The van der Waals surface area contributed by atoms with Crippen LogP contribution in [0.3, 0.4) is 0 Å². The first-order chi connectivity index (χ1) is 8.02. The molecule has 0 spiro atoms. The summed E-state index contributed by atoms with van der Waals surface area (Å²) in [6.45, 7) is 6.89. The highest BCUT2D eigenvalue weighted by atomic mass is 127. The standard InChI is InChI=1S/C11H12ClIN4/c1-4-17-6-8(10(12)14-17)7(2)9-5-16(3)15-11(9)13/h5-6H,2,4H2,1,3H3. The highest BCUT2D eigenvalue weighted by Crippen LogP contribution is 2.29. The van der Waals surface area contributed by atoms with Crippen molar-refractivity contribution < 1.29 is 0 Å². The van der Waals surface area contributed by atoms with Gasteiger partial charge in [-0.2, -0.15) is 10.2 Å². The van der Waals surface area contributed by atoms with Gasteiger partial charge in [-0.05, 0) is 35.1 Å². The van der Waals surface area contributed by atoms with E-state index in [0.717, 1.165) is 26.9 Å². The Balaban J connectivity index is 2.43. The molecule has 0 N–H and O–H groups in total. The Bertz CT molecular complexity index is 570. The summed E-state index contributed by atoms with van der Waals surface area (Å²) in [5.74, 6) is 0. The molecule has 0 aliphatic rings. The molecule has 4 nitrogen and oxygen atoms in total. The summed E-state index contributed by atoms with van der Waals surface area (Å²) in [4.78, 5) is 0. The first-order valence-corrected chi connectivity index (χ1v) is 6.60. The largest absolute Gasteiger partial charge is 0.274 e. The lowest BCUT2D eigenvalue weighted by Gasteiger charge is -2.00. The minimum Gasteiger partial charge on any atom is -0.274 e. The smallest absolute Gasteiger partial charge is 0.158 e. The fourth-order valence-electron chi connectivity index (χ4n) is 1.57. The summed E-state index contributed by atoms with van der Waals surface area (Å²) >= 11 is 8.29. The second-order valence-corrected chi connectivity index (χ2v) is 5.05. The second kappa shape index (κ2) is 4.81. The van der Waals surface area contributed by atoms with Crippen LogP contribution in [0.5, 0.6) is 0 Å². The molecule has 0 aliphatic heterocycles. The van der Waals surface area contributed by atoms with Crippen molar-refractivity contribution in [1.82, 2.24) is 19.6 Å². The maximum atomic E-state index is 6.11. The molecule has 0 fully saturated rings. The van der Waals surface area contributed by atoms with Crippen LogP contribution in [-0.4, -0.2) is 19.6 Å². The van der Waals surface area contributed by atoms with Gasteiger partial charge >= 0.3 is 0 Å². The Morgan fingerprint density at radius 1 is 1.41 bits per heavy atom. The molecule has 0 bridgehead atoms. The number of nitrogens with zero attached hydrogens (tertiary/aromatic N) is 4. The molecule has 0 saturated carbocycles. The lowest BCUT2D eigenvalue weighted by Crippen LogP contribution is -1.92. The molecule has 6 heteroatoms. The average molecular weight is 363 g/mol. The Labute approximate surface area is 118 Å². The molecule has 2 rings (SSSR count). The Morgan fingerprint density at radius 3 is 2.59 bits per heavy atom. The Hall–Kier alpha value is -0.820. The van der Waals surface area contributed by atoms with Gasteiger partial charge in [0.1, 0.15) is 3.70 Å². The number of halogens is 2. The van der Waals surface area contributed by atoms with Crippen molar-refractivity contribution in [3.05, 3.63) is 39.0 Å². The third-order valence-corrected chi connectivity index (χ3v) is 3.55. The predicted octanol–water partition coefficient (Wildman–Crippen LogP) is 2.96. The fraction of sp³-hybridized carbons (Fsp3) is 0.273. The maximum Gasteiger partial charge on any atom is 0.158 e. The summed E-state index contributed by atoms with van der Waals surface area (Å²) < 4.78 is 4.47.